The summed E-state index contributed by atoms with van der Waals surface area (Å²) in [5.74, 6) is 1.93. The van der Waals surface area contributed by atoms with Gasteiger partial charge in [0.25, 0.3) is 5.91 Å². The van der Waals surface area contributed by atoms with Crippen LogP contribution in [0.25, 0.3) is 0 Å². The molecular formula is C22H22FN3O4. The number of hydrogen-bond donors (Lipinski definition) is 0. The Kier molecular flexibility index (Phi) is 5.92. The molecule has 0 aliphatic carbocycles. The molecule has 1 amide bonds. The first-order chi connectivity index (χ1) is 14.6. The monoisotopic (exact) mass is 411 g/mol. The van der Waals surface area contributed by atoms with Crippen LogP contribution in [0.2, 0.25) is 0 Å². The van der Waals surface area contributed by atoms with E-state index in [9.17, 15) is 9.18 Å². The van der Waals surface area contributed by atoms with E-state index in [0.29, 0.717) is 43.6 Å². The van der Waals surface area contributed by atoms with E-state index in [1.165, 1.54) is 24.3 Å². The summed E-state index contributed by atoms with van der Waals surface area (Å²) in [7, 11) is 0. The number of ether oxygens (including phenoxy) is 2. The Bertz CT molecular complexity index is 1000. The highest BCUT2D eigenvalue weighted by atomic mass is 19.1. The number of likely N-dealkylation sites (tertiary alicyclic amines) is 1. The molecule has 4 rings (SSSR count). The first-order valence-corrected chi connectivity index (χ1v) is 9.75. The molecule has 1 fully saturated rings. The van der Waals surface area contributed by atoms with Crippen LogP contribution in [0.4, 0.5) is 4.39 Å². The first kappa shape index (κ1) is 19.9. The number of aromatic nitrogens is 2. The maximum atomic E-state index is 12.9. The molecule has 0 saturated carbocycles. The van der Waals surface area contributed by atoms with Crippen LogP contribution in [0.5, 0.6) is 11.5 Å². The molecule has 1 aliphatic rings. The van der Waals surface area contributed by atoms with E-state index in [0.717, 1.165) is 11.3 Å². The number of amides is 1. The highest BCUT2D eigenvalue weighted by molar-refractivity contribution is 5.78. The number of carbonyl (C=O) groups is 1. The summed E-state index contributed by atoms with van der Waals surface area (Å²) < 4.78 is 29.3. The number of rotatable bonds is 8. The van der Waals surface area contributed by atoms with Crippen molar-refractivity contribution in [3.63, 3.8) is 0 Å². The molecule has 3 aromatic rings. The lowest BCUT2D eigenvalue weighted by Gasteiger charge is -2.36. The van der Waals surface area contributed by atoms with Gasteiger partial charge in [0.05, 0.1) is 12.5 Å². The van der Waals surface area contributed by atoms with Crippen molar-refractivity contribution in [3.05, 3.63) is 71.6 Å². The fourth-order valence-electron chi connectivity index (χ4n) is 3.11. The zero-order chi connectivity index (χ0) is 20.9. The van der Waals surface area contributed by atoms with Gasteiger partial charge in [0.15, 0.2) is 12.4 Å². The molecule has 0 unspecified atom stereocenters. The second-order valence-electron chi connectivity index (χ2n) is 7.20. The number of benzene rings is 2. The van der Waals surface area contributed by atoms with Gasteiger partial charge in [0.2, 0.25) is 5.89 Å². The maximum Gasteiger partial charge on any atom is 0.260 e. The zero-order valence-electron chi connectivity index (χ0n) is 16.6. The van der Waals surface area contributed by atoms with Crippen LogP contribution in [-0.2, 0) is 11.2 Å². The Morgan fingerprint density at radius 2 is 1.97 bits per heavy atom. The number of aryl methyl sites for hydroxylation is 1. The van der Waals surface area contributed by atoms with Crippen molar-refractivity contribution in [3.8, 4) is 11.5 Å². The molecule has 0 N–H and O–H groups in total. The maximum absolute atomic E-state index is 12.9. The molecule has 1 aromatic heterocycles. The van der Waals surface area contributed by atoms with Crippen molar-refractivity contribution in [2.45, 2.75) is 19.3 Å². The molecule has 0 atom stereocenters. The third-order valence-corrected chi connectivity index (χ3v) is 4.83. The number of hydrogen-bond acceptors (Lipinski definition) is 6. The normalized spacial score (nSPS) is 13.7. The van der Waals surface area contributed by atoms with E-state index in [1.807, 2.05) is 31.2 Å². The summed E-state index contributed by atoms with van der Waals surface area (Å²) in [6, 6.07) is 13.4. The molecule has 1 saturated heterocycles. The van der Waals surface area contributed by atoms with Crippen molar-refractivity contribution in [1.29, 1.82) is 0 Å². The van der Waals surface area contributed by atoms with E-state index in [1.54, 1.807) is 4.90 Å². The molecule has 1 aliphatic heterocycles. The molecule has 156 valence electrons. The molecule has 0 radical (unpaired) electrons. The largest absolute Gasteiger partial charge is 0.493 e. The Morgan fingerprint density at radius 3 is 2.73 bits per heavy atom. The predicted molar refractivity (Wildman–Crippen MR) is 106 cm³/mol. The minimum Gasteiger partial charge on any atom is -0.493 e. The number of carbonyl (C=O) groups excluding carboxylic acids is 1. The smallest absolute Gasteiger partial charge is 0.260 e. The van der Waals surface area contributed by atoms with Crippen LogP contribution >= 0.6 is 0 Å². The molecular weight excluding hydrogens is 389 g/mol. The highest BCUT2D eigenvalue weighted by Gasteiger charge is 2.35. The zero-order valence-corrected chi connectivity index (χ0v) is 16.6. The average molecular weight is 411 g/mol. The standard InChI is InChI=1S/C22H22FN3O4/c1-15-3-2-4-19(11-15)28-10-9-20-24-22(30-25-20)16-12-26(13-16)21(27)14-29-18-7-5-17(23)6-8-18/h2-8,11,16H,9-10,12-14H2,1H3. The van der Waals surface area contributed by atoms with Gasteiger partial charge in [-0.1, -0.05) is 17.3 Å². The van der Waals surface area contributed by atoms with Gasteiger partial charge in [-0.25, -0.2) is 4.39 Å². The van der Waals surface area contributed by atoms with Crippen LogP contribution in [0, 0.1) is 12.7 Å². The lowest BCUT2D eigenvalue weighted by molar-refractivity contribution is -0.138. The van der Waals surface area contributed by atoms with Gasteiger partial charge in [-0.3, -0.25) is 4.79 Å². The molecule has 2 aromatic carbocycles. The second-order valence-corrected chi connectivity index (χ2v) is 7.20. The molecule has 2 heterocycles. The minimum absolute atomic E-state index is 0.0266. The highest BCUT2D eigenvalue weighted by Crippen LogP contribution is 2.26. The van der Waals surface area contributed by atoms with Crippen LogP contribution in [0.3, 0.4) is 0 Å². The second kappa shape index (κ2) is 8.94. The SMILES string of the molecule is Cc1cccc(OCCc2noc(C3CN(C(=O)COc4ccc(F)cc4)C3)n2)c1. The van der Waals surface area contributed by atoms with Gasteiger partial charge in [-0.15, -0.1) is 0 Å². The van der Waals surface area contributed by atoms with Crippen molar-refractivity contribution >= 4 is 5.91 Å². The molecule has 0 bridgehead atoms. The topological polar surface area (TPSA) is 77.7 Å². The fourth-order valence-corrected chi connectivity index (χ4v) is 3.11. The van der Waals surface area contributed by atoms with Crippen molar-refractivity contribution in [1.82, 2.24) is 15.0 Å². The van der Waals surface area contributed by atoms with Crippen LogP contribution in [-0.4, -0.2) is 47.3 Å². The minimum atomic E-state index is -0.347. The summed E-state index contributed by atoms with van der Waals surface area (Å²) in [5, 5.41) is 4.00. The lowest BCUT2D eigenvalue weighted by atomic mass is 10.0. The molecule has 30 heavy (non-hydrogen) atoms. The fraction of sp³-hybridized carbons (Fsp3) is 0.318. The van der Waals surface area contributed by atoms with E-state index in [4.69, 9.17) is 14.0 Å². The van der Waals surface area contributed by atoms with Gasteiger partial charge in [-0.05, 0) is 48.9 Å². The molecule has 8 heteroatoms. The van der Waals surface area contributed by atoms with Gasteiger partial charge in [-0.2, -0.15) is 4.98 Å². The van der Waals surface area contributed by atoms with Crippen LogP contribution in [0.1, 0.15) is 23.2 Å². The van der Waals surface area contributed by atoms with Crippen molar-refractivity contribution < 1.29 is 23.2 Å². The number of nitrogens with zero attached hydrogens (tertiary/aromatic N) is 3. The third kappa shape index (κ3) is 4.94. The Labute approximate surface area is 173 Å². The van der Waals surface area contributed by atoms with Crippen molar-refractivity contribution in [2.24, 2.45) is 0 Å². The summed E-state index contributed by atoms with van der Waals surface area (Å²) in [6.45, 7) is 3.39. The van der Waals surface area contributed by atoms with Crippen molar-refractivity contribution in [2.75, 3.05) is 26.3 Å². The van der Waals surface area contributed by atoms with Crippen LogP contribution < -0.4 is 9.47 Å². The van der Waals surface area contributed by atoms with E-state index in [2.05, 4.69) is 10.1 Å². The van der Waals surface area contributed by atoms with Gasteiger partial charge < -0.3 is 18.9 Å². The average Bonchev–Trinajstić information content (AvgIpc) is 3.15. The quantitative estimate of drug-likeness (QED) is 0.567. The lowest BCUT2D eigenvalue weighted by Crippen LogP contribution is -2.50. The van der Waals surface area contributed by atoms with Gasteiger partial charge in [0, 0.05) is 19.5 Å². The van der Waals surface area contributed by atoms with Gasteiger partial charge >= 0.3 is 0 Å². The predicted octanol–water partition coefficient (Wildman–Crippen LogP) is 3.14. The van der Waals surface area contributed by atoms with E-state index >= 15 is 0 Å². The number of halogens is 1. The summed E-state index contributed by atoms with van der Waals surface area (Å²) in [4.78, 5) is 18.3. The Hall–Kier alpha value is -3.42. The Morgan fingerprint density at radius 1 is 1.17 bits per heavy atom. The Balaban J connectivity index is 1.19. The van der Waals surface area contributed by atoms with E-state index < -0.39 is 0 Å². The molecule has 7 nitrogen and oxygen atoms in total. The first-order valence-electron chi connectivity index (χ1n) is 9.75. The third-order valence-electron chi connectivity index (χ3n) is 4.83. The molecule has 0 spiro atoms. The van der Waals surface area contributed by atoms with Crippen LogP contribution in [0.15, 0.2) is 53.1 Å². The summed E-state index contributed by atoms with van der Waals surface area (Å²) in [5.41, 5.74) is 1.14. The van der Waals surface area contributed by atoms with Gasteiger partial charge in [0.1, 0.15) is 17.3 Å². The van der Waals surface area contributed by atoms with E-state index in [-0.39, 0.29) is 24.2 Å². The summed E-state index contributed by atoms with van der Waals surface area (Å²) >= 11 is 0. The summed E-state index contributed by atoms with van der Waals surface area (Å²) in [6.07, 6.45) is 0.540.